The van der Waals surface area contributed by atoms with Crippen LogP contribution in [0.15, 0.2) is 41.4 Å². The molecule has 0 radical (unpaired) electrons. The number of likely N-dealkylation sites (tertiary alicyclic amines) is 1. The summed E-state index contributed by atoms with van der Waals surface area (Å²) >= 11 is 6.18. The van der Waals surface area contributed by atoms with Crippen LogP contribution in [0.4, 0.5) is 5.69 Å². The van der Waals surface area contributed by atoms with Crippen molar-refractivity contribution in [1.29, 1.82) is 0 Å². The van der Waals surface area contributed by atoms with Gasteiger partial charge in [-0.15, -0.1) is 0 Å². The van der Waals surface area contributed by atoms with Crippen LogP contribution in [0.2, 0.25) is 5.02 Å². The second-order valence-electron chi connectivity index (χ2n) is 7.30. The molecule has 1 amide bonds. The summed E-state index contributed by atoms with van der Waals surface area (Å²) < 4.78 is 27.9. The standard InChI is InChI=1S/C19H25ClN4O3S/c1-22(2)28(26,27)14-8-9-15(20)16(12-14)21-19(25)13-24-11-5-7-18(24)17-6-4-10-23(17)3/h4,6,8-10,12,18H,5,7,11,13H2,1-3H3,(H,21,25)/p+1/t18-/m1/s1. The summed E-state index contributed by atoms with van der Waals surface area (Å²) in [6, 6.07) is 8.72. The molecule has 1 aromatic carbocycles. The number of aryl methyl sites for hydroxylation is 1. The van der Waals surface area contributed by atoms with Crippen LogP contribution in [-0.2, 0) is 21.9 Å². The van der Waals surface area contributed by atoms with Gasteiger partial charge in [0.1, 0.15) is 6.04 Å². The molecule has 1 unspecified atom stereocenters. The number of rotatable bonds is 6. The fourth-order valence-electron chi connectivity index (χ4n) is 3.69. The van der Waals surface area contributed by atoms with Crippen molar-refractivity contribution in [2.45, 2.75) is 23.8 Å². The van der Waals surface area contributed by atoms with E-state index in [1.165, 1.54) is 42.9 Å². The van der Waals surface area contributed by atoms with Crippen molar-refractivity contribution in [2.24, 2.45) is 7.05 Å². The minimum atomic E-state index is -3.60. The Labute approximate surface area is 170 Å². The summed E-state index contributed by atoms with van der Waals surface area (Å²) in [5, 5.41) is 3.09. The van der Waals surface area contributed by atoms with Crippen LogP contribution < -0.4 is 10.2 Å². The Hall–Kier alpha value is -1.87. The largest absolute Gasteiger partial charge is 0.350 e. The van der Waals surface area contributed by atoms with Crippen molar-refractivity contribution in [3.05, 3.63) is 47.2 Å². The number of carbonyl (C=O) groups is 1. The first-order chi connectivity index (χ1) is 13.2. The maximum Gasteiger partial charge on any atom is 0.279 e. The Balaban J connectivity index is 1.74. The van der Waals surface area contributed by atoms with E-state index in [1.54, 1.807) is 0 Å². The fraction of sp³-hybridized carbons (Fsp3) is 0.421. The number of aromatic nitrogens is 1. The lowest BCUT2D eigenvalue weighted by atomic mass is 10.1. The van der Waals surface area contributed by atoms with Gasteiger partial charge in [0.05, 0.1) is 27.8 Å². The summed E-state index contributed by atoms with van der Waals surface area (Å²) in [5.74, 6) is -0.183. The van der Waals surface area contributed by atoms with Gasteiger partial charge in [0, 0.05) is 40.2 Å². The molecule has 2 aromatic rings. The van der Waals surface area contributed by atoms with Gasteiger partial charge in [-0.1, -0.05) is 11.6 Å². The van der Waals surface area contributed by atoms with Gasteiger partial charge in [0.15, 0.2) is 6.54 Å². The molecule has 28 heavy (non-hydrogen) atoms. The summed E-state index contributed by atoms with van der Waals surface area (Å²) in [6.07, 6.45) is 4.12. The van der Waals surface area contributed by atoms with Gasteiger partial charge in [-0.05, 0) is 30.3 Å². The van der Waals surface area contributed by atoms with Gasteiger partial charge in [-0.3, -0.25) is 4.79 Å². The van der Waals surface area contributed by atoms with Crippen LogP contribution >= 0.6 is 11.6 Å². The molecule has 2 N–H and O–H groups in total. The number of carbonyl (C=O) groups excluding carboxylic acids is 1. The van der Waals surface area contributed by atoms with E-state index < -0.39 is 10.0 Å². The minimum absolute atomic E-state index is 0.0902. The van der Waals surface area contributed by atoms with Crippen molar-refractivity contribution in [1.82, 2.24) is 8.87 Å². The minimum Gasteiger partial charge on any atom is -0.350 e. The van der Waals surface area contributed by atoms with E-state index in [2.05, 4.69) is 16.0 Å². The van der Waals surface area contributed by atoms with E-state index in [-0.39, 0.29) is 16.8 Å². The second kappa shape index (κ2) is 8.24. The monoisotopic (exact) mass is 425 g/mol. The summed E-state index contributed by atoms with van der Waals surface area (Å²) in [4.78, 5) is 13.9. The van der Waals surface area contributed by atoms with Crippen molar-refractivity contribution >= 4 is 33.2 Å². The third-order valence-corrected chi connectivity index (χ3v) is 7.34. The van der Waals surface area contributed by atoms with E-state index in [0.29, 0.717) is 17.3 Å². The SMILES string of the molecule is CN(C)S(=O)(=O)c1ccc(Cl)c(NC(=O)C[NH+]2CCC[C@@H]2c2cccn2C)c1. The Morgan fingerprint density at radius 3 is 2.75 bits per heavy atom. The van der Waals surface area contributed by atoms with Crippen molar-refractivity contribution in [2.75, 3.05) is 32.5 Å². The Morgan fingerprint density at radius 2 is 2.11 bits per heavy atom. The number of halogens is 1. The highest BCUT2D eigenvalue weighted by atomic mass is 35.5. The molecule has 1 saturated heterocycles. The Kier molecular flexibility index (Phi) is 6.14. The highest BCUT2D eigenvalue weighted by Gasteiger charge is 2.33. The van der Waals surface area contributed by atoms with Crippen LogP contribution in [0.5, 0.6) is 0 Å². The highest BCUT2D eigenvalue weighted by molar-refractivity contribution is 7.89. The Bertz CT molecular complexity index is 971. The average Bonchev–Trinajstić information content (AvgIpc) is 3.24. The topological polar surface area (TPSA) is 75.8 Å². The number of sulfonamides is 1. The maximum absolute atomic E-state index is 12.7. The highest BCUT2D eigenvalue weighted by Crippen LogP contribution is 2.26. The number of quaternary nitrogens is 1. The molecule has 0 saturated carbocycles. The molecular weight excluding hydrogens is 400 g/mol. The normalized spacial score (nSPS) is 19.9. The molecule has 0 spiro atoms. The predicted molar refractivity (Wildman–Crippen MR) is 109 cm³/mol. The van der Waals surface area contributed by atoms with E-state index in [9.17, 15) is 13.2 Å². The van der Waals surface area contributed by atoms with E-state index >= 15 is 0 Å². The number of anilines is 1. The molecule has 1 fully saturated rings. The third-order valence-electron chi connectivity index (χ3n) is 5.20. The first-order valence-corrected chi connectivity index (χ1v) is 11.0. The average molecular weight is 426 g/mol. The molecule has 7 nitrogen and oxygen atoms in total. The van der Waals surface area contributed by atoms with Crippen LogP contribution in [0.25, 0.3) is 0 Å². The zero-order valence-corrected chi connectivity index (χ0v) is 17.8. The molecule has 2 atom stereocenters. The van der Waals surface area contributed by atoms with Crippen LogP contribution in [0, 0.1) is 0 Å². The zero-order valence-electron chi connectivity index (χ0n) is 16.3. The van der Waals surface area contributed by atoms with Crippen LogP contribution in [-0.4, -0.2) is 50.4 Å². The fourth-order valence-corrected chi connectivity index (χ4v) is 4.78. The third kappa shape index (κ3) is 4.25. The number of amides is 1. The van der Waals surface area contributed by atoms with Crippen LogP contribution in [0.3, 0.4) is 0 Å². The summed E-state index contributed by atoms with van der Waals surface area (Å²) in [5.41, 5.74) is 1.53. The van der Waals surface area contributed by atoms with Gasteiger partial charge < -0.3 is 14.8 Å². The lowest BCUT2D eigenvalue weighted by molar-refractivity contribution is -0.910. The second-order valence-corrected chi connectivity index (χ2v) is 9.86. The number of benzene rings is 1. The van der Waals surface area contributed by atoms with Gasteiger partial charge in [-0.2, -0.15) is 0 Å². The maximum atomic E-state index is 12.7. The van der Waals surface area contributed by atoms with Crippen molar-refractivity contribution < 1.29 is 18.1 Å². The summed E-state index contributed by atoms with van der Waals surface area (Å²) in [6.45, 7) is 1.23. The van der Waals surface area contributed by atoms with Gasteiger partial charge in [0.2, 0.25) is 10.0 Å². The smallest absolute Gasteiger partial charge is 0.279 e. The number of hydrogen-bond donors (Lipinski definition) is 2. The van der Waals surface area contributed by atoms with Gasteiger partial charge in [0.25, 0.3) is 5.91 Å². The zero-order chi connectivity index (χ0) is 20.5. The number of nitrogens with one attached hydrogen (secondary N) is 2. The van der Waals surface area contributed by atoms with Crippen molar-refractivity contribution in [3.63, 3.8) is 0 Å². The number of nitrogens with zero attached hydrogens (tertiary/aromatic N) is 2. The molecule has 9 heteroatoms. The van der Waals surface area contributed by atoms with Crippen LogP contribution in [0.1, 0.15) is 24.6 Å². The predicted octanol–water partition coefficient (Wildman–Crippen LogP) is 1.29. The summed E-state index contributed by atoms with van der Waals surface area (Å²) in [7, 11) is 1.34. The molecule has 0 aliphatic carbocycles. The molecule has 0 bridgehead atoms. The molecule has 1 aliphatic heterocycles. The molecule has 2 heterocycles. The van der Waals surface area contributed by atoms with E-state index in [1.807, 2.05) is 19.3 Å². The lowest BCUT2D eigenvalue weighted by Gasteiger charge is -2.22. The van der Waals surface area contributed by atoms with Gasteiger partial charge >= 0.3 is 0 Å². The molecule has 3 rings (SSSR count). The van der Waals surface area contributed by atoms with Gasteiger partial charge in [-0.25, -0.2) is 12.7 Å². The first kappa shape index (κ1) is 20.9. The molecular formula is C19H26ClN4O3S+. The first-order valence-electron chi connectivity index (χ1n) is 9.18. The molecule has 152 valence electrons. The molecule has 1 aromatic heterocycles. The quantitative estimate of drug-likeness (QED) is 0.732. The van der Waals surface area contributed by atoms with Crippen molar-refractivity contribution in [3.8, 4) is 0 Å². The van der Waals surface area contributed by atoms with E-state index in [0.717, 1.165) is 23.7 Å². The number of hydrogen-bond acceptors (Lipinski definition) is 3. The van der Waals surface area contributed by atoms with E-state index in [4.69, 9.17) is 11.6 Å². The Morgan fingerprint density at radius 1 is 1.36 bits per heavy atom. The molecule has 1 aliphatic rings. The lowest BCUT2D eigenvalue weighted by Crippen LogP contribution is -3.11.